The Hall–Kier alpha value is -1.61. The number of rotatable bonds is 1. The van der Waals surface area contributed by atoms with E-state index in [2.05, 4.69) is 23.2 Å². The van der Waals surface area contributed by atoms with Gasteiger partial charge in [-0.15, -0.1) is 0 Å². The summed E-state index contributed by atoms with van der Waals surface area (Å²) in [5, 5.41) is 5.54. The molecular weight excluding hydrogens is 227 g/mol. The first kappa shape index (κ1) is 11.5. The van der Waals surface area contributed by atoms with E-state index in [1.165, 1.54) is 11.8 Å². The Morgan fingerprint density at radius 2 is 2.17 bits per heavy atom. The summed E-state index contributed by atoms with van der Waals surface area (Å²) < 4.78 is 13.2. The van der Waals surface area contributed by atoms with Crippen molar-refractivity contribution in [3.8, 4) is 0 Å². The van der Waals surface area contributed by atoms with Gasteiger partial charge in [0.25, 0.3) is 0 Å². The topological polar surface area (TPSA) is 15.3 Å². The molecule has 0 aromatic heterocycles. The normalized spacial score (nSPS) is 20.3. The highest BCUT2D eigenvalue weighted by molar-refractivity contribution is 5.94. The number of anilines is 1. The lowest BCUT2D eigenvalue weighted by Crippen LogP contribution is -2.49. The van der Waals surface area contributed by atoms with E-state index in [0.717, 1.165) is 30.4 Å². The highest BCUT2D eigenvalue weighted by Crippen LogP contribution is 2.28. The summed E-state index contributed by atoms with van der Waals surface area (Å²) in [4.78, 5) is 2.38. The summed E-state index contributed by atoms with van der Waals surface area (Å²) in [5.41, 5.74) is 1.21. The summed E-state index contributed by atoms with van der Waals surface area (Å²) >= 11 is 0. The van der Waals surface area contributed by atoms with E-state index >= 15 is 0 Å². The van der Waals surface area contributed by atoms with Crippen molar-refractivity contribution < 1.29 is 4.39 Å². The van der Waals surface area contributed by atoms with Gasteiger partial charge in [0.1, 0.15) is 5.82 Å². The number of benzene rings is 2. The van der Waals surface area contributed by atoms with E-state index in [4.69, 9.17) is 0 Å². The Balaban J connectivity index is 2.05. The molecule has 1 heterocycles. The fourth-order valence-electron chi connectivity index (χ4n) is 2.66. The van der Waals surface area contributed by atoms with Crippen molar-refractivity contribution >= 4 is 16.5 Å². The first-order chi connectivity index (χ1) is 8.74. The van der Waals surface area contributed by atoms with Crippen LogP contribution in [0.25, 0.3) is 10.8 Å². The molecule has 2 aromatic carbocycles. The van der Waals surface area contributed by atoms with Gasteiger partial charge >= 0.3 is 0 Å². The van der Waals surface area contributed by atoms with Crippen LogP contribution in [0.5, 0.6) is 0 Å². The van der Waals surface area contributed by atoms with Crippen LogP contribution in [0.2, 0.25) is 0 Å². The van der Waals surface area contributed by atoms with E-state index < -0.39 is 0 Å². The largest absolute Gasteiger partial charge is 0.368 e. The van der Waals surface area contributed by atoms with Crippen LogP contribution in [-0.2, 0) is 0 Å². The van der Waals surface area contributed by atoms with Gasteiger partial charge in [0.05, 0.1) is 0 Å². The minimum absolute atomic E-state index is 0.173. The minimum atomic E-state index is -0.173. The van der Waals surface area contributed by atoms with Gasteiger partial charge in [-0.25, -0.2) is 4.39 Å². The maximum atomic E-state index is 13.2. The van der Waals surface area contributed by atoms with Gasteiger partial charge in [0, 0.05) is 36.7 Å². The minimum Gasteiger partial charge on any atom is -0.368 e. The lowest BCUT2D eigenvalue weighted by Gasteiger charge is -2.34. The molecule has 3 heteroatoms. The molecule has 3 rings (SSSR count). The predicted octanol–water partition coefficient (Wildman–Crippen LogP) is 2.78. The van der Waals surface area contributed by atoms with E-state index in [1.54, 1.807) is 6.07 Å². The summed E-state index contributed by atoms with van der Waals surface area (Å²) in [6, 6.07) is 11.6. The fourth-order valence-corrected chi connectivity index (χ4v) is 2.66. The molecular formula is C15H17FN2. The number of hydrogen-bond donors (Lipinski definition) is 1. The number of piperazine rings is 1. The highest BCUT2D eigenvalue weighted by atomic mass is 19.1. The Labute approximate surface area is 106 Å². The molecule has 1 atom stereocenters. The maximum absolute atomic E-state index is 13.2. The van der Waals surface area contributed by atoms with Crippen molar-refractivity contribution in [2.75, 3.05) is 24.5 Å². The number of halogens is 1. The van der Waals surface area contributed by atoms with Gasteiger partial charge in [-0.1, -0.05) is 12.1 Å². The van der Waals surface area contributed by atoms with E-state index in [1.807, 2.05) is 18.2 Å². The number of fused-ring (bicyclic) bond motifs is 1. The first-order valence-corrected chi connectivity index (χ1v) is 6.40. The summed E-state index contributed by atoms with van der Waals surface area (Å²) in [7, 11) is 0. The maximum Gasteiger partial charge on any atom is 0.123 e. The van der Waals surface area contributed by atoms with Crippen LogP contribution in [0, 0.1) is 5.82 Å². The molecule has 1 saturated heterocycles. The molecule has 0 radical (unpaired) electrons. The zero-order valence-corrected chi connectivity index (χ0v) is 10.5. The Bertz CT molecular complexity index is 567. The quantitative estimate of drug-likeness (QED) is 0.829. The smallest absolute Gasteiger partial charge is 0.123 e. The third-order valence-electron chi connectivity index (χ3n) is 3.53. The molecule has 18 heavy (non-hydrogen) atoms. The molecule has 2 nitrogen and oxygen atoms in total. The number of nitrogens with zero attached hydrogens (tertiary/aromatic N) is 1. The SMILES string of the molecule is C[C@@H]1CN(c2cccc3cc(F)ccc23)CCN1. The lowest BCUT2D eigenvalue weighted by molar-refractivity contribution is 0.485. The van der Waals surface area contributed by atoms with Crippen LogP contribution in [0.15, 0.2) is 36.4 Å². The molecule has 1 fully saturated rings. The average molecular weight is 244 g/mol. The molecule has 1 aliphatic heterocycles. The molecule has 2 aromatic rings. The molecule has 94 valence electrons. The molecule has 0 spiro atoms. The fraction of sp³-hybridized carbons (Fsp3) is 0.333. The zero-order chi connectivity index (χ0) is 12.5. The number of hydrogen-bond acceptors (Lipinski definition) is 2. The van der Waals surface area contributed by atoms with Gasteiger partial charge in [0.2, 0.25) is 0 Å². The van der Waals surface area contributed by atoms with Crippen LogP contribution < -0.4 is 10.2 Å². The second-order valence-electron chi connectivity index (χ2n) is 4.94. The third kappa shape index (κ3) is 2.06. The summed E-state index contributed by atoms with van der Waals surface area (Å²) in [6.07, 6.45) is 0. The standard InChI is InChI=1S/C15H17FN2/c1-11-10-18(8-7-17-11)15-4-2-3-12-9-13(16)5-6-14(12)15/h2-6,9,11,17H,7-8,10H2,1H3/t11-/m1/s1. The van der Waals surface area contributed by atoms with Gasteiger partial charge in [-0.2, -0.15) is 0 Å². The van der Waals surface area contributed by atoms with Crippen molar-refractivity contribution in [1.29, 1.82) is 0 Å². The second-order valence-corrected chi connectivity index (χ2v) is 4.94. The third-order valence-corrected chi connectivity index (χ3v) is 3.53. The molecule has 1 N–H and O–H groups in total. The van der Waals surface area contributed by atoms with Crippen LogP contribution in [0.3, 0.4) is 0 Å². The van der Waals surface area contributed by atoms with Crippen molar-refractivity contribution in [1.82, 2.24) is 5.32 Å². The second kappa shape index (κ2) is 4.58. The monoisotopic (exact) mass is 244 g/mol. The van der Waals surface area contributed by atoms with Crippen molar-refractivity contribution in [2.24, 2.45) is 0 Å². The van der Waals surface area contributed by atoms with Crippen LogP contribution in [0.4, 0.5) is 10.1 Å². The Morgan fingerprint density at radius 1 is 1.28 bits per heavy atom. The zero-order valence-electron chi connectivity index (χ0n) is 10.5. The van der Waals surface area contributed by atoms with Crippen LogP contribution in [-0.4, -0.2) is 25.7 Å². The van der Waals surface area contributed by atoms with Crippen LogP contribution in [0.1, 0.15) is 6.92 Å². The Kier molecular flexibility index (Phi) is 2.92. The molecule has 0 aliphatic carbocycles. The van der Waals surface area contributed by atoms with Gasteiger partial charge in [-0.05, 0) is 36.6 Å². The highest BCUT2D eigenvalue weighted by Gasteiger charge is 2.17. The predicted molar refractivity (Wildman–Crippen MR) is 73.6 cm³/mol. The van der Waals surface area contributed by atoms with Gasteiger partial charge < -0.3 is 10.2 Å². The molecule has 0 unspecified atom stereocenters. The summed E-state index contributed by atoms with van der Waals surface area (Å²) in [5.74, 6) is -0.173. The first-order valence-electron chi connectivity index (χ1n) is 6.40. The van der Waals surface area contributed by atoms with Crippen molar-refractivity contribution in [3.05, 3.63) is 42.2 Å². The van der Waals surface area contributed by atoms with E-state index in [0.29, 0.717) is 6.04 Å². The average Bonchev–Trinajstić information content (AvgIpc) is 2.37. The molecule has 0 saturated carbocycles. The molecule has 0 bridgehead atoms. The van der Waals surface area contributed by atoms with Crippen molar-refractivity contribution in [3.63, 3.8) is 0 Å². The summed E-state index contributed by atoms with van der Waals surface area (Å²) in [6.45, 7) is 5.19. The van der Waals surface area contributed by atoms with E-state index in [9.17, 15) is 4.39 Å². The molecule has 1 aliphatic rings. The van der Waals surface area contributed by atoms with E-state index in [-0.39, 0.29) is 5.82 Å². The van der Waals surface area contributed by atoms with Crippen molar-refractivity contribution in [2.45, 2.75) is 13.0 Å². The molecule has 0 amide bonds. The van der Waals surface area contributed by atoms with Gasteiger partial charge in [0.15, 0.2) is 0 Å². The van der Waals surface area contributed by atoms with Crippen LogP contribution >= 0.6 is 0 Å². The number of nitrogens with one attached hydrogen (secondary N) is 1. The lowest BCUT2D eigenvalue weighted by atomic mass is 10.1. The van der Waals surface area contributed by atoms with Gasteiger partial charge in [-0.3, -0.25) is 0 Å². The Morgan fingerprint density at radius 3 is 3.00 bits per heavy atom.